The van der Waals surface area contributed by atoms with Crippen molar-refractivity contribution in [3.05, 3.63) is 70.2 Å². The summed E-state index contributed by atoms with van der Waals surface area (Å²) in [5.41, 5.74) is 3.35. The van der Waals surface area contributed by atoms with E-state index < -0.39 is 0 Å². The Bertz CT molecular complexity index is 756. The molecule has 0 radical (unpaired) electrons. The molecule has 1 fully saturated rings. The molecule has 0 bridgehead atoms. The van der Waals surface area contributed by atoms with Crippen molar-refractivity contribution in [2.24, 2.45) is 0 Å². The lowest BCUT2D eigenvalue weighted by molar-refractivity contribution is 0.0628. The van der Waals surface area contributed by atoms with Crippen LogP contribution in [0.2, 0.25) is 5.02 Å². The number of amides is 1. The third-order valence-corrected chi connectivity index (χ3v) is 5.19. The second-order valence-electron chi connectivity index (χ2n) is 8.03. The largest absolute Gasteiger partial charge is 0.336 e. The zero-order chi connectivity index (χ0) is 18.7. The molecule has 4 heteroatoms. The van der Waals surface area contributed by atoms with Crippen molar-refractivity contribution in [2.75, 3.05) is 26.2 Å². The summed E-state index contributed by atoms with van der Waals surface area (Å²) in [6.45, 7) is 10.7. The van der Waals surface area contributed by atoms with Crippen LogP contribution in [0.4, 0.5) is 0 Å². The molecule has 0 aromatic heterocycles. The minimum absolute atomic E-state index is 0.105. The molecule has 1 aliphatic rings. The molecule has 1 saturated heterocycles. The average molecular weight is 371 g/mol. The third-order valence-electron chi connectivity index (χ3n) is 4.95. The molecule has 138 valence electrons. The van der Waals surface area contributed by atoms with E-state index in [9.17, 15) is 4.79 Å². The maximum Gasteiger partial charge on any atom is 0.253 e. The molecule has 1 aliphatic heterocycles. The lowest BCUT2D eigenvalue weighted by atomic mass is 9.86. The van der Waals surface area contributed by atoms with Crippen molar-refractivity contribution in [3.63, 3.8) is 0 Å². The van der Waals surface area contributed by atoms with Crippen molar-refractivity contribution in [1.29, 1.82) is 0 Å². The van der Waals surface area contributed by atoms with Crippen LogP contribution in [0.1, 0.15) is 42.3 Å². The summed E-state index contributed by atoms with van der Waals surface area (Å²) in [5, 5.41) is 0.773. The molecular weight excluding hydrogens is 344 g/mol. The van der Waals surface area contributed by atoms with Crippen LogP contribution in [0.15, 0.2) is 48.5 Å². The fourth-order valence-electron chi connectivity index (χ4n) is 3.30. The molecule has 1 amide bonds. The van der Waals surface area contributed by atoms with E-state index in [0.717, 1.165) is 43.3 Å². The van der Waals surface area contributed by atoms with E-state index in [0.29, 0.717) is 0 Å². The van der Waals surface area contributed by atoms with Gasteiger partial charge in [0.05, 0.1) is 0 Å². The molecule has 2 aromatic rings. The Kier molecular flexibility index (Phi) is 5.69. The summed E-state index contributed by atoms with van der Waals surface area (Å²) in [6, 6.07) is 16.1. The van der Waals surface area contributed by atoms with Gasteiger partial charge in [-0.1, -0.05) is 56.6 Å². The lowest BCUT2D eigenvalue weighted by Crippen LogP contribution is -2.48. The van der Waals surface area contributed by atoms with Crippen LogP contribution in [-0.2, 0) is 12.0 Å². The summed E-state index contributed by atoms with van der Waals surface area (Å²) in [6.07, 6.45) is 0. The Balaban J connectivity index is 1.56. The van der Waals surface area contributed by atoms with Crippen LogP contribution in [0, 0.1) is 0 Å². The minimum atomic E-state index is 0.105. The SMILES string of the molecule is CC(C)(C)c1ccc(C(=O)N2CCN(Cc3cccc(Cl)c3)CC2)cc1. The van der Waals surface area contributed by atoms with Gasteiger partial charge < -0.3 is 4.90 Å². The van der Waals surface area contributed by atoms with E-state index in [1.165, 1.54) is 11.1 Å². The highest BCUT2D eigenvalue weighted by atomic mass is 35.5. The maximum absolute atomic E-state index is 12.8. The molecule has 0 spiro atoms. The quantitative estimate of drug-likeness (QED) is 0.788. The second kappa shape index (κ2) is 7.81. The smallest absolute Gasteiger partial charge is 0.253 e. The summed E-state index contributed by atoms with van der Waals surface area (Å²) < 4.78 is 0. The predicted molar refractivity (Wildman–Crippen MR) is 108 cm³/mol. The molecule has 0 N–H and O–H groups in total. The Morgan fingerprint density at radius 3 is 2.23 bits per heavy atom. The van der Waals surface area contributed by atoms with Gasteiger partial charge in [-0.25, -0.2) is 0 Å². The van der Waals surface area contributed by atoms with Crippen molar-refractivity contribution < 1.29 is 4.79 Å². The fourth-order valence-corrected chi connectivity index (χ4v) is 3.51. The monoisotopic (exact) mass is 370 g/mol. The highest BCUT2D eigenvalue weighted by molar-refractivity contribution is 6.30. The highest BCUT2D eigenvalue weighted by Gasteiger charge is 2.22. The van der Waals surface area contributed by atoms with Gasteiger partial charge in [0.1, 0.15) is 0 Å². The molecule has 0 aliphatic carbocycles. The van der Waals surface area contributed by atoms with E-state index in [-0.39, 0.29) is 11.3 Å². The van der Waals surface area contributed by atoms with Gasteiger partial charge in [0.15, 0.2) is 0 Å². The standard InChI is InChI=1S/C22H27ClN2O/c1-22(2,3)19-9-7-18(8-10-19)21(26)25-13-11-24(12-14-25)16-17-5-4-6-20(23)15-17/h4-10,15H,11-14,16H2,1-3H3. The van der Waals surface area contributed by atoms with E-state index in [4.69, 9.17) is 11.6 Å². The molecule has 2 aromatic carbocycles. The fraction of sp³-hybridized carbons (Fsp3) is 0.409. The molecule has 3 nitrogen and oxygen atoms in total. The maximum atomic E-state index is 12.8. The van der Waals surface area contributed by atoms with Crippen LogP contribution in [0.5, 0.6) is 0 Å². The lowest BCUT2D eigenvalue weighted by Gasteiger charge is -2.35. The van der Waals surface area contributed by atoms with E-state index in [1.54, 1.807) is 0 Å². The number of benzene rings is 2. The van der Waals surface area contributed by atoms with Gasteiger partial charge in [-0.3, -0.25) is 9.69 Å². The summed E-state index contributed by atoms with van der Waals surface area (Å²) in [5.74, 6) is 0.132. The first-order valence-electron chi connectivity index (χ1n) is 9.19. The zero-order valence-electron chi connectivity index (χ0n) is 15.8. The van der Waals surface area contributed by atoms with Gasteiger partial charge in [-0.15, -0.1) is 0 Å². The van der Waals surface area contributed by atoms with Crippen molar-refractivity contribution in [3.8, 4) is 0 Å². The Morgan fingerprint density at radius 2 is 1.65 bits per heavy atom. The van der Waals surface area contributed by atoms with Gasteiger partial charge in [-0.05, 0) is 40.8 Å². The average Bonchev–Trinajstić information content (AvgIpc) is 2.61. The number of carbonyl (C=O) groups excluding carboxylic acids is 1. The summed E-state index contributed by atoms with van der Waals surface area (Å²) in [4.78, 5) is 17.1. The Hall–Kier alpha value is -1.84. The van der Waals surface area contributed by atoms with Gasteiger partial charge >= 0.3 is 0 Å². The molecule has 26 heavy (non-hydrogen) atoms. The van der Waals surface area contributed by atoms with Crippen molar-refractivity contribution in [1.82, 2.24) is 9.80 Å². The van der Waals surface area contributed by atoms with Crippen LogP contribution in [-0.4, -0.2) is 41.9 Å². The number of hydrogen-bond acceptors (Lipinski definition) is 2. The molecule has 3 rings (SSSR count). The van der Waals surface area contributed by atoms with Crippen LogP contribution >= 0.6 is 11.6 Å². The molecule has 1 heterocycles. The first-order valence-corrected chi connectivity index (χ1v) is 9.57. The molecule has 0 atom stereocenters. The molecular formula is C22H27ClN2O. The number of halogens is 1. The molecule has 0 unspecified atom stereocenters. The van der Waals surface area contributed by atoms with Crippen LogP contribution < -0.4 is 0 Å². The third kappa shape index (κ3) is 4.66. The van der Waals surface area contributed by atoms with E-state index in [1.807, 2.05) is 35.2 Å². The first kappa shape index (κ1) is 18.9. The van der Waals surface area contributed by atoms with Gasteiger partial charge in [0.2, 0.25) is 0 Å². The second-order valence-corrected chi connectivity index (χ2v) is 8.46. The van der Waals surface area contributed by atoms with Crippen LogP contribution in [0.25, 0.3) is 0 Å². The minimum Gasteiger partial charge on any atom is -0.336 e. The van der Waals surface area contributed by atoms with E-state index in [2.05, 4.69) is 43.9 Å². The number of hydrogen-bond donors (Lipinski definition) is 0. The van der Waals surface area contributed by atoms with Gasteiger partial charge in [-0.2, -0.15) is 0 Å². The number of rotatable bonds is 3. The number of nitrogens with zero attached hydrogens (tertiary/aromatic N) is 2. The van der Waals surface area contributed by atoms with Gasteiger partial charge in [0.25, 0.3) is 5.91 Å². The number of carbonyl (C=O) groups is 1. The van der Waals surface area contributed by atoms with Crippen LogP contribution in [0.3, 0.4) is 0 Å². The highest BCUT2D eigenvalue weighted by Crippen LogP contribution is 2.23. The topological polar surface area (TPSA) is 23.6 Å². The summed E-state index contributed by atoms with van der Waals surface area (Å²) >= 11 is 6.06. The van der Waals surface area contributed by atoms with Crippen molar-refractivity contribution >= 4 is 17.5 Å². The zero-order valence-corrected chi connectivity index (χ0v) is 16.6. The summed E-state index contributed by atoms with van der Waals surface area (Å²) in [7, 11) is 0. The number of piperazine rings is 1. The van der Waals surface area contributed by atoms with Crippen molar-refractivity contribution in [2.45, 2.75) is 32.7 Å². The first-order chi connectivity index (χ1) is 12.3. The van der Waals surface area contributed by atoms with Gasteiger partial charge in [0, 0.05) is 43.3 Å². The predicted octanol–water partition coefficient (Wildman–Crippen LogP) is 4.60. The normalized spacial score (nSPS) is 15.9. The Morgan fingerprint density at radius 1 is 1.00 bits per heavy atom. The Labute approximate surface area is 161 Å². The molecule has 0 saturated carbocycles. The van der Waals surface area contributed by atoms with E-state index >= 15 is 0 Å².